The number of carbonyl (C=O) groups is 3. The fourth-order valence-electron chi connectivity index (χ4n) is 2.83. The highest BCUT2D eigenvalue weighted by molar-refractivity contribution is 6.35. The number of para-hydroxylation sites is 1. The van der Waals surface area contributed by atoms with Crippen molar-refractivity contribution in [2.45, 2.75) is 13.3 Å². The van der Waals surface area contributed by atoms with Gasteiger partial charge in [-0.25, -0.2) is 0 Å². The van der Waals surface area contributed by atoms with Crippen molar-refractivity contribution in [3.8, 4) is 5.75 Å². The summed E-state index contributed by atoms with van der Waals surface area (Å²) in [5.41, 5.74) is 0.781. The van der Waals surface area contributed by atoms with Crippen molar-refractivity contribution in [1.29, 1.82) is 0 Å². The van der Waals surface area contributed by atoms with E-state index in [1.54, 1.807) is 42.5 Å². The third-order valence-corrected chi connectivity index (χ3v) is 4.69. The lowest BCUT2D eigenvalue weighted by Crippen LogP contribution is -2.27. The summed E-state index contributed by atoms with van der Waals surface area (Å²) in [5, 5.41) is 0.817. The molecule has 0 bridgehead atoms. The summed E-state index contributed by atoms with van der Waals surface area (Å²) in [6, 6.07) is 11.3. The summed E-state index contributed by atoms with van der Waals surface area (Å²) in [6.07, 6.45) is 0.00388. The van der Waals surface area contributed by atoms with Gasteiger partial charge in [0.25, 0.3) is 0 Å². The maximum Gasteiger partial charge on any atom is 0.316 e. The van der Waals surface area contributed by atoms with E-state index in [4.69, 9.17) is 27.9 Å². The molecular formula is C19H15Cl2NO4. The van der Waals surface area contributed by atoms with E-state index >= 15 is 0 Å². The van der Waals surface area contributed by atoms with Gasteiger partial charge in [-0.2, -0.15) is 0 Å². The largest absolute Gasteiger partial charge is 0.425 e. The van der Waals surface area contributed by atoms with Crippen molar-refractivity contribution in [2.75, 3.05) is 11.4 Å². The standard InChI is InChI=1S/C19H15Cl2NO4/c1-11(23)14-4-2-3-5-17(14)26-19(25)12-8-18(24)22(10-12)16-9-13(20)6-7-15(16)21/h2-7,9,12H,8,10H2,1H3/t12-/m0/s1. The number of nitrogens with zero attached hydrogens (tertiary/aromatic N) is 1. The summed E-state index contributed by atoms with van der Waals surface area (Å²) >= 11 is 12.1. The molecular weight excluding hydrogens is 377 g/mol. The number of hydrogen-bond acceptors (Lipinski definition) is 4. The predicted octanol–water partition coefficient (Wildman–Crippen LogP) is 4.15. The Labute approximate surface area is 160 Å². The van der Waals surface area contributed by atoms with Crippen LogP contribution >= 0.6 is 23.2 Å². The smallest absolute Gasteiger partial charge is 0.316 e. The summed E-state index contributed by atoms with van der Waals surface area (Å²) in [7, 11) is 0. The zero-order chi connectivity index (χ0) is 18.8. The van der Waals surface area contributed by atoms with Crippen molar-refractivity contribution < 1.29 is 19.1 Å². The van der Waals surface area contributed by atoms with E-state index in [1.807, 2.05) is 0 Å². The minimum atomic E-state index is -0.655. The fraction of sp³-hybridized carbons (Fsp3) is 0.211. The van der Waals surface area contributed by atoms with E-state index in [0.29, 0.717) is 21.3 Å². The van der Waals surface area contributed by atoms with Crippen LogP contribution in [0.25, 0.3) is 0 Å². The van der Waals surface area contributed by atoms with Crippen LogP contribution in [0.15, 0.2) is 42.5 Å². The first-order valence-electron chi connectivity index (χ1n) is 7.94. The van der Waals surface area contributed by atoms with Gasteiger partial charge >= 0.3 is 5.97 Å². The zero-order valence-electron chi connectivity index (χ0n) is 13.9. The molecule has 1 atom stereocenters. The molecule has 2 aromatic carbocycles. The Kier molecular flexibility index (Phi) is 5.30. The second kappa shape index (κ2) is 7.48. The molecule has 0 unspecified atom stereocenters. The molecule has 1 aliphatic rings. The Balaban J connectivity index is 1.78. The summed E-state index contributed by atoms with van der Waals surface area (Å²) in [4.78, 5) is 37.9. The van der Waals surface area contributed by atoms with Crippen molar-refractivity contribution >= 4 is 46.5 Å². The summed E-state index contributed by atoms with van der Waals surface area (Å²) in [6.45, 7) is 1.54. The third-order valence-electron chi connectivity index (χ3n) is 4.13. The van der Waals surface area contributed by atoms with Crippen LogP contribution in [0, 0.1) is 5.92 Å². The van der Waals surface area contributed by atoms with Gasteiger partial charge in [-0.15, -0.1) is 0 Å². The molecule has 1 saturated heterocycles. The van der Waals surface area contributed by atoms with Gasteiger partial charge in [-0.3, -0.25) is 14.4 Å². The highest BCUT2D eigenvalue weighted by Gasteiger charge is 2.37. The van der Waals surface area contributed by atoms with E-state index in [-0.39, 0.29) is 30.4 Å². The molecule has 3 rings (SSSR count). The lowest BCUT2D eigenvalue weighted by molar-refractivity contribution is -0.139. The van der Waals surface area contributed by atoms with Crippen LogP contribution in [0.4, 0.5) is 5.69 Å². The normalized spacial score (nSPS) is 16.7. The first kappa shape index (κ1) is 18.4. The third kappa shape index (κ3) is 3.74. The molecule has 1 aliphatic heterocycles. The summed E-state index contributed by atoms with van der Waals surface area (Å²) in [5.74, 6) is -1.47. The molecule has 7 heteroatoms. The van der Waals surface area contributed by atoms with E-state index in [1.165, 1.54) is 11.8 Å². The van der Waals surface area contributed by atoms with Crippen molar-refractivity contribution in [2.24, 2.45) is 5.92 Å². The quantitative estimate of drug-likeness (QED) is 0.446. The first-order chi connectivity index (χ1) is 12.4. The molecule has 0 N–H and O–H groups in total. The van der Waals surface area contributed by atoms with Crippen molar-refractivity contribution in [3.05, 3.63) is 58.1 Å². The number of esters is 1. The average Bonchev–Trinajstić information content (AvgIpc) is 2.99. The minimum Gasteiger partial charge on any atom is -0.425 e. The number of rotatable bonds is 4. The van der Waals surface area contributed by atoms with Crippen LogP contribution in [0.3, 0.4) is 0 Å². The number of ether oxygens (including phenoxy) is 1. The van der Waals surface area contributed by atoms with Crippen LogP contribution in [0.2, 0.25) is 10.0 Å². The lowest BCUT2D eigenvalue weighted by Gasteiger charge is -2.18. The summed E-state index contributed by atoms with van der Waals surface area (Å²) < 4.78 is 5.38. The second-order valence-electron chi connectivity index (χ2n) is 5.97. The molecule has 0 radical (unpaired) electrons. The molecule has 1 fully saturated rings. The first-order valence-corrected chi connectivity index (χ1v) is 8.69. The van der Waals surface area contributed by atoms with Crippen LogP contribution in [0.1, 0.15) is 23.7 Å². The van der Waals surface area contributed by atoms with E-state index in [0.717, 1.165) is 0 Å². The molecule has 0 spiro atoms. The molecule has 26 heavy (non-hydrogen) atoms. The van der Waals surface area contributed by atoms with Gasteiger partial charge in [0.05, 0.1) is 22.2 Å². The SMILES string of the molecule is CC(=O)c1ccccc1OC(=O)[C@H]1CC(=O)N(c2cc(Cl)ccc2Cl)C1. The Bertz CT molecular complexity index is 897. The lowest BCUT2D eigenvalue weighted by atomic mass is 10.1. The Hall–Kier alpha value is -2.37. The molecule has 2 aromatic rings. The molecule has 1 heterocycles. The molecule has 134 valence electrons. The van der Waals surface area contributed by atoms with Crippen molar-refractivity contribution in [3.63, 3.8) is 0 Å². The van der Waals surface area contributed by atoms with E-state index < -0.39 is 11.9 Å². The highest BCUT2D eigenvalue weighted by Crippen LogP contribution is 2.34. The maximum absolute atomic E-state index is 12.5. The second-order valence-corrected chi connectivity index (χ2v) is 6.82. The highest BCUT2D eigenvalue weighted by atomic mass is 35.5. The van der Waals surface area contributed by atoms with Gasteiger partial charge in [0.1, 0.15) is 5.75 Å². The van der Waals surface area contributed by atoms with Crippen LogP contribution in [0.5, 0.6) is 5.75 Å². The number of anilines is 1. The van der Waals surface area contributed by atoms with E-state index in [9.17, 15) is 14.4 Å². The number of halogens is 2. The predicted molar refractivity (Wildman–Crippen MR) is 99.0 cm³/mol. The number of hydrogen-bond donors (Lipinski definition) is 0. The number of carbonyl (C=O) groups excluding carboxylic acids is 3. The topological polar surface area (TPSA) is 63.7 Å². The molecule has 0 saturated carbocycles. The van der Waals surface area contributed by atoms with Gasteiger partial charge in [0, 0.05) is 18.0 Å². The van der Waals surface area contributed by atoms with Gasteiger partial charge in [-0.05, 0) is 37.3 Å². The maximum atomic E-state index is 12.5. The monoisotopic (exact) mass is 391 g/mol. The Morgan fingerprint density at radius 1 is 1.15 bits per heavy atom. The van der Waals surface area contributed by atoms with Gasteiger partial charge < -0.3 is 9.64 Å². The van der Waals surface area contributed by atoms with Crippen molar-refractivity contribution in [1.82, 2.24) is 0 Å². The van der Waals surface area contributed by atoms with Crippen LogP contribution in [-0.4, -0.2) is 24.2 Å². The molecule has 1 amide bonds. The Morgan fingerprint density at radius 2 is 1.88 bits per heavy atom. The zero-order valence-corrected chi connectivity index (χ0v) is 15.4. The average molecular weight is 392 g/mol. The van der Waals surface area contributed by atoms with Crippen LogP contribution in [-0.2, 0) is 9.59 Å². The number of Topliss-reactive ketones (excluding diaryl/α,β-unsaturated/α-hetero) is 1. The van der Waals surface area contributed by atoms with Gasteiger partial charge in [-0.1, -0.05) is 35.3 Å². The number of benzene rings is 2. The molecule has 5 nitrogen and oxygen atoms in total. The van der Waals surface area contributed by atoms with Gasteiger partial charge in [0.2, 0.25) is 5.91 Å². The van der Waals surface area contributed by atoms with E-state index in [2.05, 4.69) is 0 Å². The minimum absolute atomic E-state index is 0.00388. The molecule has 0 aliphatic carbocycles. The van der Waals surface area contributed by atoms with Gasteiger partial charge in [0.15, 0.2) is 5.78 Å². The number of amides is 1. The Morgan fingerprint density at radius 3 is 2.62 bits per heavy atom. The number of ketones is 1. The fourth-order valence-corrected chi connectivity index (χ4v) is 3.22. The van der Waals surface area contributed by atoms with Crippen LogP contribution < -0.4 is 9.64 Å². The molecule has 0 aromatic heterocycles.